The molecule has 0 saturated carbocycles. The number of benzene rings is 2. The monoisotopic (exact) mass is 375 g/mol. The zero-order valence-electron chi connectivity index (χ0n) is 14.7. The van der Waals surface area contributed by atoms with Gasteiger partial charge in [-0.1, -0.05) is 17.7 Å². The largest absolute Gasteiger partial charge is 0.497 e. The van der Waals surface area contributed by atoms with Gasteiger partial charge in [0, 0.05) is 26.2 Å². The quantitative estimate of drug-likeness (QED) is 0.814. The summed E-state index contributed by atoms with van der Waals surface area (Å²) >= 11 is 6.27. The molecule has 7 heteroatoms. The third-order valence-electron chi connectivity index (χ3n) is 4.39. The summed E-state index contributed by atoms with van der Waals surface area (Å²) in [7, 11) is 1.61. The molecular formula is C19H22ClN3O3. The fourth-order valence-electron chi connectivity index (χ4n) is 2.95. The first kappa shape index (κ1) is 18.2. The van der Waals surface area contributed by atoms with E-state index in [0.29, 0.717) is 42.6 Å². The number of nitrogen functional groups attached to an aromatic ring is 1. The minimum Gasteiger partial charge on any atom is -0.497 e. The fraction of sp³-hybridized carbons (Fsp3) is 0.316. The molecule has 1 saturated heterocycles. The Kier molecular flexibility index (Phi) is 5.73. The molecular weight excluding hydrogens is 354 g/mol. The summed E-state index contributed by atoms with van der Waals surface area (Å²) in [5.74, 6) is 1.35. The smallest absolute Gasteiger partial charge is 0.260 e. The van der Waals surface area contributed by atoms with E-state index in [2.05, 4.69) is 4.90 Å². The molecule has 0 atom stereocenters. The summed E-state index contributed by atoms with van der Waals surface area (Å²) in [4.78, 5) is 16.3. The van der Waals surface area contributed by atoms with Crippen LogP contribution in [-0.2, 0) is 4.79 Å². The van der Waals surface area contributed by atoms with Crippen molar-refractivity contribution in [3.63, 3.8) is 0 Å². The molecule has 1 heterocycles. The van der Waals surface area contributed by atoms with E-state index in [-0.39, 0.29) is 12.5 Å². The third-order valence-corrected chi connectivity index (χ3v) is 4.69. The van der Waals surface area contributed by atoms with Crippen molar-refractivity contribution in [3.8, 4) is 11.5 Å². The van der Waals surface area contributed by atoms with Gasteiger partial charge in [-0.3, -0.25) is 4.79 Å². The van der Waals surface area contributed by atoms with E-state index in [0.717, 1.165) is 11.4 Å². The van der Waals surface area contributed by atoms with Crippen molar-refractivity contribution in [2.75, 3.05) is 50.5 Å². The van der Waals surface area contributed by atoms with Gasteiger partial charge >= 0.3 is 0 Å². The fourth-order valence-corrected chi connectivity index (χ4v) is 3.25. The number of hydrogen-bond acceptors (Lipinski definition) is 5. The summed E-state index contributed by atoms with van der Waals surface area (Å²) in [5.41, 5.74) is 7.54. The van der Waals surface area contributed by atoms with Crippen molar-refractivity contribution < 1.29 is 14.3 Å². The number of carbonyl (C=O) groups is 1. The Balaban J connectivity index is 1.51. The van der Waals surface area contributed by atoms with E-state index < -0.39 is 0 Å². The second-order valence-electron chi connectivity index (χ2n) is 6.01. The Hall–Kier alpha value is -2.60. The second-order valence-corrected chi connectivity index (χ2v) is 6.42. The van der Waals surface area contributed by atoms with Gasteiger partial charge in [0.1, 0.15) is 11.5 Å². The first-order valence-electron chi connectivity index (χ1n) is 8.42. The van der Waals surface area contributed by atoms with Gasteiger partial charge < -0.3 is 25.0 Å². The number of carbonyl (C=O) groups excluding carboxylic acids is 1. The average Bonchev–Trinajstić information content (AvgIpc) is 2.67. The molecule has 0 unspecified atom stereocenters. The van der Waals surface area contributed by atoms with Crippen LogP contribution in [0.25, 0.3) is 0 Å². The standard InChI is InChI=1S/C19H22ClN3O3/c1-25-14-5-7-15(8-6-14)26-13-18(24)22-9-11-23(12-10-22)19-16(20)3-2-4-17(19)21/h2-8H,9-13,21H2,1H3. The van der Waals surface area contributed by atoms with Crippen LogP contribution in [0.4, 0.5) is 11.4 Å². The highest BCUT2D eigenvalue weighted by atomic mass is 35.5. The van der Waals surface area contributed by atoms with Crippen LogP contribution in [0.2, 0.25) is 5.02 Å². The molecule has 3 rings (SSSR count). The average molecular weight is 376 g/mol. The SMILES string of the molecule is COc1ccc(OCC(=O)N2CCN(c3c(N)cccc3Cl)CC2)cc1. The lowest BCUT2D eigenvalue weighted by atomic mass is 10.2. The number of halogens is 1. The lowest BCUT2D eigenvalue weighted by Gasteiger charge is -2.36. The number of ether oxygens (including phenoxy) is 2. The number of methoxy groups -OCH3 is 1. The summed E-state index contributed by atoms with van der Waals surface area (Å²) < 4.78 is 10.7. The summed E-state index contributed by atoms with van der Waals surface area (Å²) in [6.07, 6.45) is 0. The highest BCUT2D eigenvalue weighted by molar-refractivity contribution is 6.34. The molecule has 6 nitrogen and oxygen atoms in total. The Bertz CT molecular complexity index is 739. The molecule has 0 spiro atoms. The van der Waals surface area contributed by atoms with Gasteiger partial charge in [-0.15, -0.1) is 0 Å². The molecule has 0 radical (unpaired) electrons. The van der Waals surface area contributed by atoms with Gasteiger partial charge in [-0.05, 0) is 36.4 Å². The van der Waals surface area contributed by atoms with Crippen LogP contribution in [0.1, 0.15) is 0 Å². The number of nitrogens with zero attached hydrogens (tertiary/aromatic N) is 2. The van der Waals surface area contributed by atoms with Crippen molar-refractivity contribution in [1.29, 1.82) is 0 Å². The maximum atomic E-state index is 12.4. The molecule has 0 aromatic heterocycles. The van der Waals surface area contributed by atoms with E-state index in [4.69, 9.17) is 26.8 Å². The van der Waals surface area contributed by atoms with Crippen LogP contribution in [0.15, 0.2) is 42.5 Å². The van der Waals surface area contributed by atoms with Gasteiger partial charge in [0.05, 0.1) is 23.5 Å². The van der Waals surface area contributed by atoms with E-state index >= 15 is 0 Å². The van der Waals surface area contributed by atoms with Gasteiger partial charge in [0.25, 0.3) is 5.91 Å². The van der Waals surface area contributed by atoms with Crippen LogP contribution in [-0.4, -0.2) is 50.7 Å². The van der Waals surface area contributed by atoms with Crippen molar-refractivity contribution >= 4 is 28.9 Å². The Labute approximate surface area is 158 Å². The van der Waals surface area contributed by atoms with Crippen LogP contribution in [0.5, 0.6) is 11.5 Å². The molecule has 1 amide bonds. The first-order chi connectivity index (χ1) is 12.6. The number of hydrogen-bond donors (Lipinski definition) is 1. The van der Waals surface area contributed by atoms with Gasteiger partial charge in [0.2, 0.25) is 0 Å². The number of piperazine rings is 1. The van der Waals surface area contributed by atoms with Crippen molar-refractivity contribution in [3.05, 3.63) is 47.5 Å². The van der Waals surface area contributed by atoms with Crippen molar-refractivity contribution in [2.45, 2.75) is 0 Å². The predicted octanol–water partition coefficient (Wildman–Crippen LogP) is 2.66. The highest BCUT2D eigenvalue weighted by Gasteiger charge is 2.23. The zero-order valence-corrected chi connectivity index (χ0v) is 15.4. The Morgan fingerprint density at radius 1 is 1.08 bits per heavy atom. The van der Waals surface area contributed by atoms with Crippen LogP contribution in [0, 0.1) is 0 Å². The molecule has 0 aliphatic carbocycles. The predicted molar refractivity (Wildman–Crippen MR) is 103 cm³/mol. The molecule has 138 valence electrons. The Morgan fingerprint density at radius 2 is 1.73 bits per heavy atom. The lowest BCUT2D eigenvalue weighted by molar-refractivity contribution is -0.133. The second kappa shape index (κ2) is 8.19. The third kappa shape index (κ3) is 4.14. The van der Waals surface area contributed by atoms with Gasteiger partial charge in [0.15, 0.2) is 6.61 Å². The van der Waals surface area contributed by atoms with E-state index in [9.17, 15) is 4.79 Å². The minimum atomic E-state index is -0.0346. The highest BCUT2D eigenvalue weighted by Crippen LogP contribution is 2.32. The normalized spacial score (nSPS) is 14.2. The number of para-hydroxylation sites is 1. The molecule has 2 aromatic rings. The first-order valence-corrected chi connectivity index (χ1v) is 8.80. The van der Waals surface area contributed by atoms with Crippen molar-refractivity contribution in [2.24, 2.45) is 0 Å². The van der Waals surface area contributed by atoms with Crippen molar-refractivity contribution in [1.82, 2.24) is 4.90 Å². The molecule has 1 fully saturated rings. The molecule has 1 aliphatic heterocycles. The van der Waals surface area contributed by atoms with Crippen LogP contribution < -0.4 is 20.1 Å². The molecule has 26 heavy (non-hydrogen) atoms. The molecule has 1 aliphatic rings. The summed E-state index contributed by atoms with van der Waals surface area (Å²) in [6.45, 7) is 2.59. The molecule has 0 bridgehead atoms. The maximum Gasteiger partial charge on any atom is 0.260 e. The summed E-state index contributed by atoms with van der Waals surface area (Å²) in [5, 5.41) is 0.632. The topological polar surface area (TPSA) is 68.0 Å². The number of nitrogens with two attached hydrogens (primary N) is 1. The van der Waals surface area contributed by atoms with E-state index in [1.807, 2.05) is 18.2 Å². The van der Waals surface area contributed by atoms with E-state index in [1.165, 1.54) is 0 Å². The Morgan fingerprint density at radius 3 is 2.35 bits per heavy atom. The molecule has 2 N–H and O–H groups in total. The number of rotatable bonds is 5. The lowest BCUT2D eigenvalue weighted by Crippen LogP contribution is -2.50. The number of amides is 1. The van der Waals surface area contributed by atoms with Crippen LogP contribution in [0.3, 0.4) is 0 Å². The number of anilines is 2. The maximum absolute atomic E-state index is 12.4. The zero-order chi connectivity index (χ0) is 18.5. The minimum absolute atomic E-state index is 0.0144. The summed E-state index contributed by atoms with van der Waals surface area (Å²) in [6, 6.07) is 12.7. The molecule has 2 aromatic carbocycles. The van der Waals surface area contributed by atoms with Gasteiger partial charge in [-0.25, -0.2) is 0 Å². The van der Waals surface area contributed by atoms with E-state index in [1.54, 1.807) is 36.3 Å². The van der Waals surface area contributed by atoms with Gasteiger partial charge in [-0.2, -0.15) is 0 Å². The van der Waals surface area contributed by atoms with Crippen LogP contribution >= 0.6 is 11.6 Å².